The molecule has 5 aromatic carbocycles. The monoisotopic (exact) mass is 481 g/mol. The average molecular weight is 482 g/mol. The molecule has 7 rings (SSSR count). The Kier molecular flexibility index (Phi) is 4.69. The van der Waals surface area contributed by atoms with Gasteiger partial charge in [-0.25, -0.2) is 0 Å². The minimum absolute atomic E-state index is 0.864. The highest BCUT2D eigenvalue weighted by molar-refractivity contribution is 7.26. The van der Waals surface area contributed by atoms with Crippen LogP contribution in [-0.2, 0) is 0 Å². The molecular weight excluding hydrogens is 458 g/mol. The summed E-state index contributed by atoms with van der Waals surface area (Å²) in [4.78, 5) is 6.78. The molecule has 0 aliphatic heterocycles. The Balaban J connectivity index is 1.63. The second-order valence-electron chi connectivity index (χ2n) is 8.98. The number of hydrogen-bond donors (Lipinski definition) is 0. The average Bonchev–Trinajstić information content (AvgIpc) is 3.48. The van der Waals surface area contributed by atoms with E-state index in [0.29, 0.717) is 0 Å². The summed E-state index contributed by atoms with van der Waals surface area (Å²) < 4.78 is 4.98. The van der Waals surface area contributed by atoms with Crippen molar-refractivity contribution >= 4 is 77.1 Å². The fourth-order valence-electron chi connectivity index (χ4n) is 5.44. The number of rotatable bonds is 4. The fraction of sp³-hybridized carbons (Fsp3) is 0.0312. The van der Waals surface area contributed by atoms with E-state index in [4.69, 9.17) is 0 Å². The van der Waals surface area contributed by atoms with Gasteiger partial charge >= 0.3 is 0 Å². The van der Waals surface area contributed by atoms with Crippen LogP contribution in [0.3, 0.4) is 0 Å². The second-order valence-corrected chi connectivity index (χ2v) is 10.1. The molecule has 0 aliphatic rings. The first-order chi connectivity index (χ1) is 17.8. The van der Waals surface area contributed by atoms with Crippen molar-refractivity contribution in [2.75, 3.05) is 11.9 Å². The predicted octanol–water partition coefficient (Wildman–Crippen LogP) is 9.25. The number of anilines is 2. The highest BCUT2D eigenvalue weighted by atomic mass is 32.1. The van der Waals surface area contributed by atoms with Crippen LogP contribution in [0.2, 0.25) is 0 Å². The van der Waals surface area contributed by atoms with E-state index in [9.17, 15) is 0 Å². The maximum Gasteiger partial charge on any atom is 0.110 e. The van der Waals surface area contributed by atoms with Crippen molar-refractivity contribution in [1.82, 2.24) is 4.57 Å². The molecule has 4 heteroatoms. The molecule has 2 heterocycles. The lowest BCUT2D eigenvalue weighted by Gasteiger charge is -2.23. The van der Waals surface area contributed by atoms with E-state index in [2.05, 4.69) is 131 Å². The van der Waals surface area contributed by atoms with Gasteiger partial charge in [-0.2, -0.15) is 0 Å². The van der Waals surface area contributed by atoms with E-state index >= 15 is 0 Å². The molecule has 172 valence electrons. The van der Waals surface area contributed by atoms with Gasteiger partial charge in [0.05, 0.1) is 22.4 Å². The van der Waals surface area contributed by atoms with Crippen molar-refractivity contribution < 1.29 is 0 Å². The maximum absolute atomic E-state index is 4.61. The van der Waals surface area contributed by atoms with Gasteiger partial charge in [0.15, 0.2) is 0 Å². The van der Waals surface area contributed by atoms with E-state index in [1.165, 1.54) is 42.0 Å². The highest BCUT2D eigenvalue weighted by Gasteiger charge is 2.21. The molecule has 0 bridgehead atoms. The van der Waals surface area contributed by atoms with Gasteiger partial charge in [0, 0.05) is 43.7 Å². The minimum Gasteiger partial charge on any atom is -0.343 e. The molecule has 0 N–H and O–H groups in total. The number of hydrogen-bond acceptors (Lipinski definition) is 3. The molecule has 0 radical (unpaired) electrons. The van der Waals surface area contributed by atoms with Gasteiger partial charge in [0.1, 0.15) is 5.69 Å². The van der Waals surface area contributed by atoms with Crippen molar-refractivity contribution in [2.45, 2.75) is 0 Å². The summed E-state index contributed by atoms with van der Waals surface area (Å²) in [7, 11) is 2.08. The van der Waals surface area contributed by atoms with Crippen LogP contribution in [0.4, 0.5) is 17.1 Å². The largest absolute Gasteiger partial charge is 0.343 e. The van der Waals surface area contributed by atoms with Crippen LogP contribution < -0.4 is 4.90 Å². The smallest absolute Gasteiger partial charge is 0.110 e. The van der Waals surface area contributed by atoms with Crippen molar-refractivity contribution in [3.05, 3.63) is 109 Å². The lowest BCUT2D eigenvalue weighted by atomic mass is 10.1. The van der Waals surface area contributed by atoms with E-state index in [-0.39, 0.29) is 0 Å². The summed E-state index contributed by atoms with van der Waals surface area (Å²) in [5, 5.41) is 5.07. The van der Waals surface area contributed by atoms with Gasteiger partial charge in [-0.15, -0.1) is 11.3 Å². The molecule has 36 heavy (non-hydrogen) atoms. The Bertz CT molecular complexity index is 1930. The molecule has 0 aliphatic carbocycles. The first-order valence-corrected chi connectivity index (χ1v) is 12.8. The first-order valence-electron chi connectivity index (χ1n) is 12.0. The Labute approximate surface area is 213 Å². The van der Waals surface area contributed by atoms with Gasteiger partial charge < -0.3 is 9.47 Å². The first kappa shape index (κ1) is 20.9. The van der Waals surface area contributed by atoms with Crippen LogP contribution in [0.1, 0.15) is 0 Å². The Morgan fingerprint density at radius 3 is 2.28 bits per heavy atom. The maximum atomic E-state index is 4.61. The summed E-state index contributed by atoms with van der Waals surface area (Å²) in [6.45, 7) is 4.01. The number of thiophene rings is 1. The molecule has 0 saturated heterocycles. The second kappa shape index (κ2) is 8.08. The summed E-state index contributed by atoms with van der Waals surface area (Å²) in [6, 6.07) is 38.7. The molecule has 0 unspecified atom stereocenters. The zero-order valence-electron chi connectivity index (χ0n) is 19.8. The van der Waals surface area contributed by atoms with E-state index in [1.54, 1.807) is 0 Å². The predicted molar refractivity (Wildman–Crippen MR) is 157 cm³/mol. The molecule has 0 atom stereocenters. The number of benzene rings is 5. The van der Waals surface area contributed by atoms with Crippen molar-refractivity contribution in [3.63, 3.8) is 0 Å². The molecule has 0 spiro atoms. The fourth-order valence-corrected chi connectivity index (χ4v) is 6.55. The van der Waals surface area contributed by atoms with Crippen LogP contribution >= 0.6 is 11.3 Å². The lowest BCUT2D eigenvalue weighted by molar-refractivity contribution is 1.15. The third-order valence-electron chi connectivity index (χ3n) is 7.07. The third-order valence-corrected chi connectivity index (χ3v) is 8.21. The zero-order valence-corrected chi connectivity index (χ0v) is 20.7. The van der Waals surface area contributed by atoms with Crippen molar-refractivity contribution in [1.29, 1.82) is 0 Å². The van der Waals surface area contributed by atoms with Gasteiger partial charge in [0.2, 0.25) is 0 Å². The van der Waals surface area contributed by atoms with Gasteiger partial charge in [-0.05, 0) is 49.2 Å². The number of nitrogens with zero attached hydrogens (tertiary/aromatic N) is 3. The van der Waals surface area contributed by atoms with Crippen LogP contribution in [0.15, 0.2) is 114 Å². The Hall–Kier alpha value is -4.41. The highest BCUT2D eigenvalue weighted by Crippen LogP contribution is 2.45. The van der Waals surface area contributed by atoms with E-state index in [0.717, 1.165) is 22.7 Å². The number of aromatic nitrogens is 1. The molecule has 0 fully saturated rings. The summed E-state index contributed by atoms with van der Waals surface area (Å²) in [5.74, 6) is 0. The van der Waals surface area contributed by atoms with Crippen LogP contribution in [0, 0.1) is 0 Å². The summed E-state index contributed by atoms with van der Waals surface area (Å²) in [6.07, 6.45) is 0. The SMILES string of the molecule is C=Nc1c(N(C)c2ccccc2)cccc1-n1c2ccccc2c2ccc3sc4ccccc4c3c21. The quantitative estimate of drug-likeness (QED) is 0.229. The number of fused-ring (bicyclic) bond motifs is 7. The van der Waals surface area contributed by atoms with Crippen molar-refractivity contribution in [2.24, 2.45) is 4.99 Å². The Morgan fingerprint density at radius 2 is 1.44 bits per heavy atom. The molecular formula is C32H23N3S. The minimum atomic E-state index is 0.864. The topological polar surface area (TPSA) is 20.5 Å². The molecule has 0 amide bonds. The molecule has 3 nitrogen and oxygen atoms in total. The van der Waals surface area contributed by atoms with Gasteiger partial charge in [-0.3, -0.25) is 4.99 Å². The number of para-hydroxylation sites is 3. The van der Waals surface area contributed by atoms with Crippen LogP contribution in [0.5, 0.6) is 0 Å². The van der Waals surface area contributed by atoms with Crippen molar-refractivity contribution in [3.8, 4) is 5.69 Å². The van der Waals surface area contributed by atoms with Gasteiger partial charge in [0.25, 0.3) is 0 Å². The Morgan fingerprint density at radius 1 is 0.694 bits per heavy atom. The third kappa shape index (κ3) is 2.95. The molecule has 0 saturated carbocycles. The molecule has 7 aromatic rings. The normalized spacial score (nSPS) is 11.6. The summed E-state index contributed by atoms with van der Waals surface area (Å²) in [5.41, 5.74) is 6.40. The van der Waals surface area contributed by atoms with E-state index in [1.807, 2.05) is 17.4 Å². The van der Waals surface area contributed by atoms with E-state index < -0.39 is 0 Å². The number of aliphatic imine (C=N–C) groups is 1. The van der Waals surface area contributed by atoms with Gasteiger partial charge in [-0.1, -0.05) is 66.7 Å². The van der Waals surface area contributed by atoms with Crippen LogP contribution in [0.25, 0.3) is 47.7 Å². The zero-order chi connectivity index (χ0) is 24.2. The van der Waals surface area contributed by atoms with Crippen LogP contribution in [-0.4, -0.2) is 18.3 Å². The molecule has 2 aromatic heterocycles. The lowest BCUT2D eigenvalue weighted by Crippen LogP contribution is -2.10. The summed E-state index contributed by atoms with van der Waals surface area (Å²) >= 11 is 1.85. The standard InChI is InChI=1S/C32H23N3S/c1-33-31-26(34(2)21-11-4-3-5-12-21)16-10-17-27(31)35-25-15-8-6-13-22(25)23-19-20-29-30(32(23)35)24-14-7-9-18-28(24)36-29/h3-20H,1H2,2H3.